The second-order valence-electron chi connectivity index (χ2n) is 6.62. The molecule has 0 amide bonds. The topological polar surface area (TPSA) is 91.2 Å². The summed E-state index contributed by atoms with van der Waals surface area (Å²) >= 11 is 0. The Hall–Kier alpha value is -2.20. The summed E-state index contributed by atoms with van der Waals surface area (Å²) < 4.78 is 30.6. The maximum atomic E-state index is 12.7. The van der Waals surface area contributed by atoms with Crippen LogP contribution in [0.1, 0.15) is 34.6 Å². The molecule has 0 unspecified atom stereocenters. The van der Waals surface area contributed by atoms with Crippen molar-refractivity contribution in [1.82, 2.24) is 5.32 Å². The Bertz CT molecular complexity index is 754. The molecule has 132 valence electrons. The van der Waals surface area contributed by atoms with Crippen molar-refractivity contribution in [3.05, 3.63) is 30.1 Å². The van der Waals surface area contributed by atoms with E-state index in [4.69, 9.17) is 4.74 Å². The van der Waals surface area contributed by atoms with Crippen molar-refractivity contribution in [2.75, 3.05) is 12.4 Å². The van der Waals surface area contributed by atoms with E-state index in [0.717, 1.165) is 0 Å². The molecule has 0 heterocycles. The van der Waals surface area contributed by atoms with Gasteiger partial charge < -0.3 is 15.4 Å². The Morgan fingerprint density at radius 1 is 1.33 bits per heavy atom. The number of ether oxygens (including phenoxy) is 1. The summed E-state index contributed by atoms with van der Waals surface area (Å²) in [5.74, 6) is 0.245. The average Bonchev–Trinajstić information content (AvgIpc) is 2.49. The summed E-state index contributed by atoms with van der Waals surface area (Å²) in [6, 6.07) is 6.89. The first-order valence-electron chi connectivity index (χ1n) is 7.59. The largest absolute Gasteiger partial charge is 0.495 e. The summed E-state index contributed by atoms with van der Waals surface area (Å²) in [6.45, 7) is 9.08. The number of methoxy groups -OCH3 is 1. The van der Waals surface area contributed by atoms with Gasteiger partial charge in [0.05, 0.1) is 18.0 Å². The zero-order valence-corrected chi connectivity index (χ0v) is 15.8. The molecule has 1 aromatic rings. The van der Waals surface area contributed by atoms with Gasteiger partial charge in [-0.15, -0.1) is 0 Å². The van der Waals surface area contributed by atoms with Crippen molar-refractivity contribution in [2.24, 2.45) is 0 Å². The van der Waals surface area contributed by atoms with Crippen molar-refractivity contribution < 1.29 is 13.2 Å². The quantitative estimate of drug-likeness (QED) is 0.766. The van der Waals surface area contributed by atoms with Gasteiger partial charge in [-0.2, -0.15) is 5.26 Å². The average molecular weight is 351 g/mol. The van der Waals surface area contributed by atoms with E-state index in [1.54, 1.807) is 32.0 Å². The van der Waals surface area contributed by atoms with Gasteiger partial charge in [-0.25, -0.2) is 8.42 Å². The number of anilines is 1. The fourth-order valence-electron chi connectivity index (χ4n) is 1.83. The van der Waals surface area contributed by atoms with Gasteiger partial charge in [-0.3, -0.25) is 0 Å². The molecule has 0 aliphatic rings. The smallest absolute Gasteiger partial charge is 0.186 e. The third kappa shape index (κ3) is 4.90. The van der Waals surface area contributed by atoms with Gasteiger partial charge in [-0.1, -0.05) is 6.07 Å². The van der Waals surface area contributed by atoms with Gasteiger partial charge in [0.1, 0.15) is 22.4 Å². The Labute approximate surface area is 144 Å². The molecule has 1 aromatic carbocycles. The van der Waals surface area contributed by atoms with E-state index in [1.807, 2.05) is 26.8 Å². The molecule has 6 nitrogen and oxygen atoms in total. The first-order valence-corrected chi connectivity index (χ1v) is 9.13. The van der Waals surface area contributed by atoms with Crippen molar-refractivity contribution >= 4 is 15.5 Å². The number of sulfone groups is 1. The molecule has 0 fully saturated rings. The normalized spacial score (nSPS) is 12.7. The van der Waals surface area contributed by atoms with Crippen molar-refractivity contribution in [3.63, 3.8) is 0 Å². The highest BCUT2D eigenvalue weighted by Gasteiger charge is 2.27. The number of allylic oxidation sites excluding steroid dienone is 1. The molecule has 7 heteroatoms. The van der Waals surface area contributed by atoms with Gasteiger partial charge in [0, 0.05) is 11.7 Å². The van der Waals surface area contributed by atoms with Crippen LogP contribution in [0.4, 0.5) is 5.69 Å². The number of benzene rings is 1. The first-order chi connectivity index (χ1) is 11.0. The maximum absolute atomic E-state index is 12.7. The first kappa shape index (κ1) is 19.8. The van der Waals surface area contributed by atoms with Gasteiger partial charge in [0.15, 0.2) is 9.84 Å². The lowest BCUT2D eigenvalue weighted by Crippen LogP contribution is -2.31. The third-order valence-corrected chi connectivity index (χ3v) is 5.37. The lowest BCUT2D eigenvalue weighted by molar-refractivity contribution is 0.403. The lowest BCUT2D eigenvalue weighted by atomic mass is 10.1. The summed E-state index contributed by atoms with van der Waals surface area (Å²) in [5.41, 5.74) is 0.301. The SMILES string of the molecule is COc1cccc(N/C(C#N)=C/NC(C)(C)C)c1S(=O)(=O)C(C)C. The van der Waals surface area contributed by atoms with E-state index < -0.39 is 15.1 Å². The molecule has 0 saturated heterocycles. The van der Waals surface area contributed by atoms with Crippen LogP contribution in [0, 0.1) is 11.3 Å². The predicted octanol–water partition coefficient (Wildman–Crippen LogP) is 3.04. The van der Waals surface area contributed by atoms with Crippen LogP contribution in [0.15, 0.2) is 35.0 Å². The van der Waals surface area contributed by atoms with Crippen molar-refractivity contribution in [2.45, 2.75) is 50.3 Å². The van der Waals surface area contributed by atoms with Crippen molar-refractivity contribution in [1.29, 1.82) is 5.26 Å². The molecular weight excluding hydrogens is 326 g/mol. The molecule has 0 bridgehead atoms. The van der Waals surface area contributed by atoms with E-state index in [-0.39, 0.29) is 21.9 Å². The Kier molecular flexibility index (Phi) is 6.27. The number of hydrogen-bond donors (Lipinski definition) is 2. The molecule has 0 aromatic heterocycles. The second kappa shape index (κ2) is 7.58. The van der Waals surface area contributed by atoms with Crippen LogP contribution in [0.5, 0.6) is 5.75 Å². The lowest BCUT2D eigenvalue weighted by Gasteiger charge is -2.20. The highest BCUT2D eigenvalue weighted by molar-refractivity contribution is 7.92. The molecule has 0 aliphatic heterocycles. The summed E-state index contributed by atoms with van der Waals surface area (Å²) in [4.78, 5) is 0.0550. The summed E-state index contributed by atoms with van der Waals surface area (Å²) in [5, 5.41) is 14.7. The highest BCUT2D eigenvalue weighted by Crippen LogP contribution is 2.34. The zero-order chi connectivity index (χ0) is 18.5. The van der Waals surface area contributed by atoms with Gasteiger partial charge in [0.2, 0.25) is 0 Å². The molecule has 0 radical (unpaired) electrons. The predicted molar refractivity (Wildman–Crippen MR) is 95.5 cm³/mol. The minimum Gasteiger partial charge on any atom is -0.495 e. The minimum atomic E-state index is -3.59. The van der Waals surface area contributed by atoms with Crippen LogP contribution in [-0.4, -0.2) is 26.3 Å². The zero-order valence-electron chi connectivity index (χ0n) is 15.0. The van der Waals surface area contributed by atoms with Gasteiger partial charge >= 0.3 is 0 Å². The Morgan fingerprint density at radius 2 is 1.96 bits per heavy atom. The summed E-state index contributed by atoms with van der Waals surface area (Å²) in [7, 11) is -2.17. The fraction of sp³-hybridized carbons (Fsp3) is 0.471. The molecule has 0 saturated carbocycles. The number of nitrogens with zero attached hydrogens (tertiary/aromatic N) is 1. The molecular formula is C17H25N3O3S. The van der Waals surface area contributed by atoms with Crippen LogP contribution in [0.2, 0.25) is 0 Å². The minimum absolute atomic E-state index is 0.0550. The van der Waals surface area contributed by atoms with Gasteiger partial charge in [-0.05, 0) is 46.8 Å². The van der Waals surface area contributed by atoms with E-state index in [0.29, 0.717) is 5.69 Å². The van der Waals surface area contributed by atoms with Gasteiger partial charge in [0.25, 0.3) is 0 Å². The summed E-state index contributed by atoms with van der Waals surface area (Å²) in [6.07, 6.45) is 1.53. The standard InChI is InChI=1S/C17H25N3O3S/c1-12(2)24(21,22)16-14(8-7-9-15(16)23-6)20-13(10-18)11-19-17(3,4)5/h7-9,11-12,19-20H,1-6H3/b13-11+. The third-order valence-electron chi connectivity index (χ3n) is 3.14. The number of rotatable bonds is 6. The molecule has 0 spiro atoms. The molecule has 0 aliphatic carbocycles. The molecule has 24 heavy (non-hydrogen) atoms. The van der Waals surface area contributed by atoms with Crippen LogP contribution in [-0.2, 0) is 9.84 Å². The monoisotopic (exact) mass is 351 g/mol. The molecule has 0 atom stereocenters. The number of hydrogen-bond acceptors (Lipinski definition) is 6. The Balaban J connectivity index is 3.38. The van der Waals surface area contributed by atoms with E-state index in [2.05, 4.69) is 10.6 Å². The number of nitriles is 1. The van der Waals surface area contributed by atoms with E-state index in [9.17, 15) is 13.7 Å². The van der Waals surface area contributed by atoms with E-state index in [1.165, 1.54) is 13.3 Å². The van der Waals surface area contributed by atoms with Crippen LogP contribution < -0.4 is 15.4 Å². The Morgan fingerprint density at radius 3 is 2.42 bits per heavy atom. The van der Waals surface area contributed by atoms with Crippen LogP contribution >= 0.6 is 0 Å². The molecule has 1 rings (SSSR count). The maximum Gasteiger partial charge on any atom is 0.186 e. The van der Waals surface area contributed by atoms with Crippen LogP contribution in [0.3, 0.4) is 0 Å². The molecule has 2 N–H and O–H groups in total. The fourth-order valence-corrected chi connectivity index (χ4v) is 3.16. The van der Waals surface area contributed by atoms with Crippen LogP contribution in [0.25, 0.3) is 0 Å². The second-order valence-corrected chi connectivity index (χ2v) is 9.06. The van der Waals surface area contributed by atoms with Crippen molar-refractivity contribution in [3.8, 4) is 11.8 Å². The number of nitrogens with one attached hydrogen (secondary N) is 2. The van der Waals surface area contributed by atoms with E-state index >= 15 is 0 Å². The highest BCUT2D eigenvalue weighted by atomic mass is 32.2.